The van der Waals surface area contributed by atoms with Crippen LogP contribution < -0.4 is 10.2 Å². The zero-order chi connectivity index (χ0) is 31.2. The molecule has 0 radical (unpaired) electrons. The standard InChI is InChI=1S/C28H32O15/c1-39-14-7-15-18(12(32)6-13(40-15)10-2-4-11(31)5-3-10)21(34)19(14)27-24(37)23(36)26(17(9-30)41-27)43-28-25(38)22(35)20(33)16(8-29)42-28/h2-7,16-17,20,22-31,33-38H,8-9H2,1H3/t16-,17+,20-,22+,23-,24-,25-,26-,27+,28+/m1/s1. The van der Waals surface area contributed by atoms with Gasteiger partial charge in [0.25, 0.3) is 0 Å². The summed E-state index contributed by atoms with van der Waals surface area (Å²) in [5, 5.41) is 92.6. The number of hydrogen-bond acceptors (Lipinski definition) is 15. The summed E-state index contributed by atoms with van der Waals surface area (Å²) in [5.41, 5.74) is -0.526. The molecule has 0 aliphatic carbocycles. The molecule has 2 aromatic carbocycles. The smallest absolute Gasteiger partial charge is 0.197 e. The van der Waals surface area contributed by atoms with Gasteiger partial charge in [0, 0.05) is 17.7 Å². The van der Waals surface area contributed by atoms with Crippen molar-refractivity contribution in [3.05, 3.63) is 52.2 Å². The minimum absolute atomic E-state index is 0.00563. The van der Waals surface area contributed by atoms with E-state index < -0.39 is 85.6 Å². The van der Waals surface area contributed by atoms with E-state index in [1.165, 1.54) is 37.4 Å². The molecule has 3 aromatic rings. The predicted octanol–water partition coefficient (Wildman–Crippen LogP) is -1.78. The maximum absolute atomic E-state index is 13.2. The monoisotopic (exact) mass is 608 g/mol. The number of fused-ring (bicyclic) bond motifs is 1. The summed E-state index contributed by atoms with van der Waals surface area (Å²) in [6.45, 7) is -1.55. The molecule has 15 heteroatoms. The summed E-state index contributed by atoms with van der Waals surface area (Å²) in [7, 11) is 1.24. The van der Waals surface area contributed by atoms with Crippen LogP contribution in [0.25, 0.3) is 22.3 Å². The van der Waals surface area contributed by atoms with Gasteiger partial charge < -0.3 is 69.3 Å². The van der Waals surface area contributed by atoms with Gasteiger partial charge in [-0.15, -0.1) is 0 Å². The third kappa shape index (κ3) is 5.56. The van der Waals surface area contributed by atoms with Crippen molar-refractivity contribution in [3.8, 4) is 28.6 Å². The lowest BCUT2D eigenvalue weighted by Gasteiger charge is -2.46. The summed E-state index contributed by atoms with van der Waals surface area (Å²) in [5.74, 6) is -0.644. The minimum Gasteiger partial charge on any atom is -0.508 e. The molecule has 2 aliphatic heterocycles. The molecule has 0 unspecified atom stereocenters. The van der Waals surface area contributed by atoms with Gasteiger partial charge in [-0.2, -0.15) is 0 Å². The van der Waals surface area contributed by atoms with E-state index in [2.05, 4.69) is 0 Å². The van der Waals surface area contributed by atoms with Crippen LogP contribution in [0.5, 0.6) is 17.2 Å². The van der Waals surface area contributed by atoms with Crippen LogP contribution in [0, 0.1) is 0 Å². The van der Waals surface area contributed by atoms with E-state index in [-0.39, 0.29) is 33.8 Å². The van der Waals surface area contributed by atoms with Crippen molar-refractivity contribution in [1.29, 1.82) is 0 Å². The second-order valence-electron chi connectivity index (χ2n) is 10.3. The van der Waals surface area contributed by atoms with Crippen LogP contribution in [0.15, 0.2) is 45.6 Å². The lowest BCUT2D eigenvalue weighted by molar-refractivity contribution is -0.342. The molecule has 0 amide bonds. The fraction of sp³-hybridized carbons (Fsp3) is 0.464. The molecule has 43 heavy (non-hydrogen) atoms. The number of methoxy groups -OCH3 is 1. The van der Waals surface area contributed by atoms with Crippen molar-refractivity contribution in [2.24, 2.45) is 0 Å². The van der Waals surface area contributed by atoms with Gasteiger partial charge in [-0.05, 0) is 24.3 Å². The van der Waals surface area contributed by atoms with Crippen molar-refractivity contribution in [2.45, 2.75) is 61.2 Å². The lowest BCUT2D eigenvalue weighted by atomic mass is 9.89. The fourth-order valence-corrected chi connectivity index (χ4v) is 5.33. The molecule has 2 saturated heterocycles. The number of phenolic OH excluding ortho intramolecular Hbond substituents is 2. The minimum atomic E-state index is -1.88. The number of ether oxygens (including phenoxy) is 4. The van der Waals surface area contributed by atoms with Gasteiger partial charge in [0.05, 0.1) is 25.9 Å². The number of aromatic hydroxyl groups is 2. The molecule has 0 saturated carbocycles. The van der Waals surface area contributed by atoms with Gasteiger partial charge in [0.2, 0.25) is 0 Å². The van der Waals surface area contributed by atoms with E-state index in [9.17, 15) is 50.8 Å². The maximum atomic E-state index is 13.2. The zero-order valence-electron chi connectivity index (χ0n) is 22.6. The molecule has 2 fully saturated rings. The van der Waals surface area contributed by atoms with E-state index in [4.69, 9.17) is 23.4 Å². The summed E-state index contributed by atoms with van der Waals surface area (Å²) in [6.07, 6.45) is -16.7. The second kappa shape index (κ2) is 12.3. The van der Waals surface area contributed by atoms with Crippen LogP contribution in [-0.4, -0.2) is 121 Å². The highest BCUT2D eigenvalue weighted by Gasteiger charge is 2.51. The number of phenols is 2. The first-order valence-corrected chi connectivity index (χ1v) is 13.3. The topological polar surface area (TPSA) is 249 Å². The molecule has 5 rings (SSSR count). The molecule has 0 bridgehead atoms. The van der Waals surface area contributed by atoms with Gasteiger partial charge in [0.15, 0.2) is 11.7 Å². The first-order chi connectivity index (χ1) is 20.5. The van der Waals surface area contributed by atoms with Crippen LogP contribution in [0.2, 0.25) is 0 Å². The molecule has 15 nitrogen and oxygen atoms in total. The summed E-state index contributed by atoms with van der Waals surface area (Å²) in [6, 6.07) is 8.26. The lowest BCUT2D eigenvalue weighted by Crippen LogP contribution is -2.63. The Morgan fingerprint density at radius 1 is 0.814 bits per heavy atom. The number of aliphatic hydroxyl groups excluding tert-OH is 7. The average molecular weight is 609 g/mol. The van der Waals surface area contributed by atoms with E-state index in [1.807, 2.05) is 0 Å². The highest BCUT2D eigenvalue weighted by atomic mass is 16.7. The first-order valence-electron chi connectivity index (χ1n) is 13.3. The summed E-state index contributed by atoms with van der Waals surface area (Å²) < 4.78 is 28.0. The van der Waals surface area contributed by atoms with Crippen molar-refractivity contribution >= 4 is 11.0 Å². The van der Waals surface area contributed by atoms with Gasteiger partial charge in [-0.1, -0.05) is 0 Å². The highest BCUT2D eigenvalue weighted by Crippen LogP contribution is 2.45. The van der Waals surface area contributed by atoms with Crippen molar-refractivity contribution in [1.82, 2.24) is 0 Å². The largest absolute Gasteiger partial charge is 0.508 e. The van der Waals surface area contributed by atoms with Crippen LogP contribution >= 0.6 is 0 Å². The third-order valence-corrected chi connectivity index (χ3v) is 7.65. The number of benzene rings is 2. The summed E-state index contributed by atoms with van der Waals surface area (Å²) >= 11 is 0. The highest BCUT2D eigenvalue weighted by molar-refractivity contribution is 5.88. The third-order valence-electron chi connectivity index (χ3n) is 7.65. The molecule has 1 aromatic heterocycles. The Kier molecular flexibility index (Phi) is 8.92. The normalized spacial score (nSPS) is 33.0. The molecular formula is C28H32O15. The van der Waals surface area contributed by atoms with Gasteiger partial charge in [-0.25, -0.2) is 0 Å². The number of aliphatic hydroxyl groups is 7. The Labute approximate surface area is 242 Å². The SMILES string of the molecule is COc1cc2oc(-c3ccc(O)cc3)cc(=O)c2c(O)c1[C@@H]1O[C@@H](CO)[C@@H](O[C@@H]2O[C@H](CO)[C@@H](O)[C@H](O)[C@H]2O)[C@H](O)[C@H]1O. The predicted molar refractivity (Wildman–Crippen MR) is 143 cm³/mol. The fourth-order valence-electron chi connectivity index (χ4n) is 5.33. The van der Waals surface area contributed by atoms with Crippen molar-refractivity contribution < 1.29 is 69.3 Å². The van der Waals surface area contributed by atoms with Crippen LogP contribution in [-0.2, 0) is 14.2 Å². The number of hydrogen-bond donors (Lipinski definition) is 9. The Bertz CT molecular complexity index is 1490. The van der Waals surface area contributed by atoms with Crippen molar-refractivity contribution in [3.63, 3.8) is 0 Å². The molecule has 9 N–H and O–H groups in total. The Morgan fingerprint density at radius 2 is 1.49 bits per heavy atom. The van der Waals surface area contributed by atoms with E-state index >= 15 is 0 Å². The molecule has 0 spiro atoms. The Morgan fingerprint density at radius 3 is 2.12 bits per heavy atom. The van der Waals surface area contributed by atoms with Gasteiger partial charge in [-0.3, -0.25) is 4.79 Å². The first kappa shape index (κ1) is 31.1. The quantitative estimate of drug-likeness (QED) is 0.144. The zero-order valence-corrected chi connectivity index (χ0v) is 22.6. The molecular weight excluding hydrogens is 576 g/mol. The van der Waals surface area contributed by atoms with Crippen LogP contribution in [0.1, 0.15) is 11.7 Å². The molecule has 2 aliphatic rings. The van der Waals surface area contributed by atoms with E-state index in [1.54, 1.807) is 0 Å². The maximum Gasteiger partial charge on any atom is 0.197 e. The van der Waals surface area contributed by atoms with Gasteiger partial charge in [0.1, 0.15) is 88.9 Å². The molecule has 234 valence electrons. The van der Waals surface area contributed by atoms with Crippen molar-refractivity contribution in [2.75, 3.05) is 20.3 Å². The van der Waals surface area contributed by atoms with E-state index in [0.717, 1.165) is 6.07 Å². The number of rotatable bonds is 7. The molecule has 10 atom stereocenters. The second-order valence-corrected chi connectivity index (χ2v) is 10.3. The van der Waals surface area contributed by atoms with Crippen LogP contribution in [0.4, 0.5) is 0 Å². The van der Waals surface area contributed by atoms with Gasteiger partial charge >= 0.3 is 0 Å². The van der Waals surface area contributed by atoms with Crippen LogP contribution in [0.3, 0.4) is 0 Å². The summed E-state index contributed by atoms with van der Waals surface area (Å²) in [4.78, 5) is 13.2. The average Bonchev–Trinajstić information content (AvgIpc) is 2.99. The Balaban J connectivity index is 1.49. The van der Waals surface area contributed by atoms with E-state index in [0.29, 0.717) is 5.56 Å². The molecule has 3 heterocycles. The Hall–Kier alpha value is -3.35.